The van der Waals surface area contributed by atoms with Gasteiger partial charge in [0.05, 0.1) is 12.1 Å². The van der Waals surface area contributed by atoms with Crippen LogP contribution in [-0.2, 0) is 6.54 Å². The fourth-order valence-corrected chi connectivity index (χ4v) is 2.37. The molecule has 4 N–H and O–H groups in total. The number of carbonyl (C=O) groups excluding carboxylic acids is 1. The highest BCUT2D eigenvalue weighted by atomic mass is 16.3. The van der Waals surface area contributed by atoms with E-state index in [1.807, 2.05) is 24.3 Å². The molecule has 1 aromatic rings. The van der Waals surface area contributed by atoms with Crippen molar-refractivity contribution in [2.75, 3.05) is 18.4 Å². The van der Waals surface area contributed by atoms with Gasteiger partial charge in [-0.3, -0.25) is 0 Å². The van der Waals surface area contributed by atoms with E-state index in [1.54, 1.807) is 11.8 Å². The second-order valence-corrected chi connectivity index (χ2v) is 5.36. The molecule has 104 valence electrons. The molecule has 2 rings (SSSR count). The van der Waals surface area contributed by atoms with Gasteiger partial charge >= 0.3 is 6.03 Å². The topological polar surface area (TPSA) is 78.6 Å². The van der Waals surface area contributed by atoms with E-state index in [-0.39, 0.29) is 6.03 Å². The monoisotopic (exact) mass is 263 g/mol. The minimum absolute atomic E-state index is 0.172. The highest BCUT2D eigenvalue weighted by molar-refractivity contribution is 5.89. The van der Waals surface area contributed by atoms with Crippen LogP contribution in [0.15, 0.2) is 24.3 Å². The SMILES string of the molecule is CC1(O)CCCN(C(=O)Nc2cccc(CN)c2)C1. The summed E-state index contributed by atoms with van der Waals surface area (Å²) in [7, 11) is 0. The minimum atomic E-state index is -0.783. The van der Waals surface area contributed by atoms with Crippen molar-refractivity contribution in [3.8, 4) is 0 Å². The zero-order chi connectivity index (χ0) is 13.9. The van der Waals surface area contributed by atoms with Gasteiger partial charge in [-0.05, 0) is 37.5 Å². The van der Waals surface area contributed by atoms with Crippen molar-refractivity contribution in [2.45, 2.75) is 31.9 Å². The number of anilines is 1. The van der Waals surface area contributed by atoms with Crippen LogP contribution >= 0.6 is 0 Å². The summed E-state index contributed by atoms with van der Waals surface area (Å²) in [4.78, 5) is 13.8. The number of β-amino-alcohol motifs (C(OH)–C–C–N with tert-alkyl or cyclic N) is 1. The van der Waals surface area contributed by atoms with Gasteiger partial charge < -0.3 is 21.1 Å². The lowest BCUT2D eigenvalue weighted by molar-refractivity contribution is -0.000635. The first-order chi connectivity index (χ1) is 9.00. The normalized spacial score (nSPS) is 23.2. The van der Waals surface area contributed by atoms with Crippen LogP contribution in [0.3, 0.4) is 0 Å². The van der Waals surface area contributed by atoms with Gasteiger partial charge in [-0.2, -0.15) is 0 Å². The van der Waals surface area contributed by atoms with Crippen LogP contribution in [0.2, 0.25) is 0 Å². The first-order valence-corrected chi connectivity index (χ1v) is 6.57. The number of nitrogens with two attached hydrogens (primary N) is 1. The molecule has 19 heavy (non-hydrogen) atoms. The van der Waals surface area contributed by atoms with E-state index in [0.29, 0.717) is 19.6 Å². The van der Waals surface area contributed by atoms with Gasteiger partial charge in [0.25, 0.3) is 0 Å². The predicted molar refractivity (Wildman–Crippen MR) is 74.8 cm³/mol. The predicted octanol–water partition coefficient (Wildman–Crippen LogP) is 1.52. The van der Waals surface area contributed by atoms with Gasteiger partial charge in [0.2, 0.25) is 0 Å². The van der Waals surface area contributed by atoms with E-state index in [9.17, 15) is 9.90 Å². The molecule has 1 unspecified atom stereocenters. The van der Waals surface area contributed by atoms with Crippen molar-refractivity contribution in [1.29, 1.82) is 0 Å². The van der Waals surface area contributed by atoms with Gasteiger partial charge in [0.1, 0.15) is 0 Å². The largest absolute Gasteiger partial charge is 0.388 e. The molecule has 1 aromatic carbocycles. The van der Waals surface area contributed by atoms with Crippen LogP contribution in [0.4, 0.5) is 10.5 Å². The van der Waals surface area contributed by atoms with E-state index in [0.717, 1.165) is 24.1 Å². The van der Waals surface area contributed by atoms with Crippen LogP contribution in [-0.4, -0.2) is 34.7 Å². The van der Waals surface area contributed by atoms with E-state index in [4.69, 9.17) is 5.73 Å². The molecule has 5 heteroatoms. The Kier molecular flexibility index (Phi) is 4.07. The number of nitrogens with one attached hydrogen (secondary N) is 1. The number of amides is 2. The first-order valence-electron chi connectivity index (χ1n) is 6.57. The summed E-state index contributed by atoms with van der Waals surface area (Å²) in [5, 5.41) is 12.8. The Balaban J connectivity index is 2.00. The maximum absolute atomic E-state index is 12.1. The number of urea groups is 1. The van der Waals surface area contributed by atoms with Crippen molar-refractivity contribution in [3.05, 3.63) is 29.8 Å². The summed E-state index contributed by atoms with van der Waals surface area (Å²) in [5.74, 6) is 0. The quantitative estimate of drug-likeness (QED) is 0.757. The first kappa shape index (κ1) is 13.8. The maximum atomic E-state index is 12.1. The second kappa shape index (κ2) is 5.59. The molecule has 0 aromatic heterocycles. The average molecular weight is 263 g/mol. The molecule has 0 aliphatic carbocycles. The summed E-state index contributed by atoms with van der Waals surface area (Å²) >= 11 is 0. The smallest absolute Gasteiger partial charge is 0.321 e. The van der Waals surface area contributed by atoms with Gasteiger partial charge in [0, 0.05) is 18.8 Å². The zero-order valence-corrected chi connectivity index (χ0v) is 11.2. The second-order valence-electron chi connectivity index (χ2n) is 5.36. The van der Waals surface area contributed by atoms with E-state index >= 15 is 0 Å². The van der Waals surface area contributed by atoms with Gasteiger partial charge in [-0.25, -0.2) is 4.79 Å². The molecule has 1 heterocycles. The molecule has 1 atom stereocenters. The number of carbonyl (C=O) groups is 1. The Bertz CT molecular complexity index is 460. The molecule has 1 fully saturated rings. The molecule has 0 saturated carbocycles. The van der Waals surface area contributed by atoms with Gasteiger partial charge in [-0.1, -0.05) is 12.1 Å². The van der Waals surface area contributed by atoms with E-state index < -0.39 is 5.60 Å². The zero-order valence-electron chi connectivity index (χ0n) is 11.2. The number of nitrogens with zero attached hydrogens (tertiary/aromatic N) is 1. The third-order valence-electron chi connectivity index (χ3n) is 3.38. The van der Waals surface area contributed by atoms with E-state index in [2.05, 4.69) is 5.32 Å². The number of likely N-dealkylation sites (tertiary alicyclic amines) is 1. The van der Waals surface area contributed by atoms with Gasteiger partial charge in [0.15, 0.2) is 0 Å². The number of hydrogen-bond donors (Lipinski definition) is 3. The number of hydrogen-bond acceptors (Lipinski definition) is 3. The standard InChI is InChI=1S/C14H21N3O2/c1-14(19)6-3-7-17(10-14)13(18)16-12-5-2-4-11(8-12)9-15/h2,4-5,8,19H,3,6-7,9-10,15H2,1H3,(H,16,18). The number of aliphatic hydroxyl groups is 1. The maximum Gasteiger partial charge on any atom is 0.321 e. The molecule has 0 spiro atoms. The van der Waals surface area contributed by atoms with Crippen LogP contribution in [0.25, 0.3) is 0 Å². The summed E-state index contributed by atoms with van der Waals surface area (Å²) in [6.07, 6.45) is 1.56. The summed E-state index contributed by atoms with van der Waals surface area (Å²) in [6, 6.07) is 7.30. The third kappa shape index (κ3) is 3.68. The Morgan fingerprint density at radius 3 is 3.05 bits per heavy atom. The van der Waals surface area contributed by atoms with Crippen molar-refractivity contribution < 1.29 is 9.90 Å². The van der Waals surface area contributed by atoms with Crippen LogP contribution < -0.4 is 11.1 Å². The van der Waals surface area contributed by atoms with E-state index in [1.165, 1.54) is 0 Å². The van der Waals surface area contributed by atoms with Gasteiger partial charge in [-0.15, -0.1) is 0 Å². The van der Waals surface area contributed by atoms with Crippen LogP contribution in [0, 0.1) is 0 Å². The summed E-state index contributed by atoms with van der Waals surface area (Å²) in [5.41, 5.74) is 6.50. The summed E-state index contributed by atoms with van der Waals surface area (Å²) < 4.78 is 0. The highest BCUT2D eigenvalue weighted by Gasteiger charge is 2.30. The van der Waals surface area contributed by atoms with Crippen LogP contribution in [0.1, 0.15) is 25.3 Å². The third-order valence-corrected chi connectivity index (χ3v) is 3.38. The lowest BCUT2D eigenvalue weighted by atomic mass is 9.95. The van der Waals surface area contributed by atoms with Crippen molar-refractivity contribution in [1.82, 2.24) is 4.90 Å². The Hall–Kier alpha value is -1.59. The Labute approximate surface area is 113 Å². The molecule has 0 radical (unpaired) electrons. The number of benzene rings is 1. The van der Waals surface area contributed by atoms with Crippen molar-refractivity contribution >= 4 is 11.7 Å². The molecule has 1 aliphatic heterocycles. The Morgan fingerprint density at radius 1 is 1.58 bits per heavy atom. The lowest BCUT2D eigenvalue weighted by Gasteiger charge is -2.36. The minimum Gasteiger partial charge on any atom is -0.388 e. The molecular weight excluding hydrogens is 242 g/mol. The molecule has 1 aliphatic rings. The average Bonchev–Trinajstić information content (AvgIpc) is 2.37. The fourth-order valence-electron chi connectivity index (χ4n) is 2.37. The number of piperidine rings is 1. The molecule has 2 amide bonds. The Morgan fingerprint density at radius 2 is 2.37 bits per heavy atom. The molecule has 5 nitrogen and oxygen atoms in total. The molecule has 0 bridgehead atoms. The lowest BCUT2D eigenvalue weighted by Crippen LogP contribution is -2.49. The fraction of sp³-hybridized carbons (Fsp3) is 0.500. The molecule has 1 saturated heterocycles. The summed E-state index contributed by atoms with van der Waals surface area (Å²) in [6.45, 7) is 3.26. The molecular formula is C14H21N3O2. The van der Waals surface area contributed by atoms with Crippen molar-refractivity contribution in [2.24, 2.45) is 5.73 Å². The highest BCUT2D eigenvalue weighted by Crippen LogP contribution is 2.21. The number of rotatable bonds is 2. The van der Waals surface area contributed by atoms with Crippen molar-refractivity contribution in [3.63, 3.8) is 0 Å². The van der Waals surface area contributed by atoms with Crippen LogP contribution in [0.5, 0.6) is 0 Å².